The van der Waals surface area contributed by atoms with Gasteiger partial charge in [0.15, 0.2) is 0 Å². The lowest BCUT2D eigenvalue weighted by molar-refractivity contribution is -0.130. The first-order valence-electron chi connectivity index (χ1n) is 6.12. The highest BCUT2D eigenvalue weighted by Gasteiger charge is 2.10. The molecule has 0 aliphatic heterocycles. The zero-order chi connectivity index (χ0) is 13.5. The molecule has 0 aromatic heterocycles. The second-order valence-electron chi connectivity index (χ2n) is 4.58. The van der Waals surface area contributed by atoms with Crippen LogP contribution < -0.4 is 0 Å². The summed E-state index contributed by atoms with van der Waals surface area (Å²) < 4.78 is 5.40. The first-order chi connectivity index (χ1) is 8.49. The van der Waals surface area contributed by atoms with E-state index in [1.54, 1.807) is 30.1 Å². The first-order valence-corrected chi connectivity index (χ1v) is 6.12. The monoisotopic (exact) mass is 251 g/mol. The molecule has 100 valence electrons. The van der Waals surface area contributed by atoms with E-state index in [1.165, 1.54) is 0 Å². The van der Waals surface area contributed by atoms with Gasteiger partial charge >= 0.3 is 0 Å². The van der Waals surface area contributed by atoms with Crippen LogP contribution in [-0.4, -0.2) is 42.2 Å². The Kier molecular flexibility index (Phi) is 5.65. The van der Waals surface area contributed by atoms with Gasteiger partial charge in [0, 0.05) is 13.6 Å². The standard InChI is InChI=1S/C14H21NO3/c1-11(2)18-8-7-15(3)14(17)10-12-5-4-6-13(16)9-12/h4-6,9,11,16H,7-8,10H2,1-3H3. The van der Waals surface area contributed by atoms with E-state index in [0.29, 0.717) is 19.6 Å². The SMILES string of the molecule is CC(C)OCCN(C)C(=O)Cc1cccc(O)c1. The van der Waals surface area contributed by atoms with Crippen molar-refractivity contribution in [1.82, 2.24) is 4.90 Å². The van der Waals surface area contributed by atoms with Crippen LogP contribution in [0.5, 0.6) is 5.75 Å². The van der Waals surface area contributed by atoms with Gasteiger partial charge in [-0.05, 0) is 31.5 Å². The van der Waals surface area contributed by atoms with Crippen LogP contribution in [0.4, 0.5) is 0 Å². The zero-order valence-corrected chi connectivity index (χ0v) is 11.2. The zero-order valence-electron chi connectivity index (χ0n) is 11.2. The third-order valence-corrected chi connectivity index (χ3v) is 2.57. The Balaban J connectivity index is 2.40. The highest BCUT2D eigenvalue weighted by molar-refractivity contribution is 5.78. The minimum Gasteiger partial charge on any atom is -0.508 e. The van der Waals surface area contributed by atoms with Gasteiger partial charge in [0.05, 0.1) is 19.1 Å². The fourth-order valence-electron chi connectivity index (χ4n) is 1.53. The topological polar surface area (TPSA) is 49.8 Å². The van der Waals surface area contributed by atoms with Gasteiger partial charge in [0.25, 0.3) is 0 Å². The molecular weight excluding hydrogens is 230 g/mol. The Morgan fingerprint density at radius 3 is 2.78 bits per heavy atom. The number of carbonyl (C=O) groups is 1. The molecule has 1 rings (SSSR count). The van der Waals surface area contributed by atoms with E-state index in [4.69, 9.17) is 4.74 Å². The summed E-state index contributed by atoms with van der Waals surface area (Å²) in [5.41, 5.74) is 0.816. The van der Waals surface area contributed by atoms with E-state index < -0.39 is 0 Å². The van der Waals surface area contributed by atoms with E-state index in [0.717, 1.165) is 5.56 Å². The molecule has 4 heteroatoms. The summed E-state index contributed by atoms with van der Waals surface area (Å²) in [5.74, 6) is 0.207. The summed E-state index contributed by atoms with van der Waals surface area (Å²) in [7, 11) is 1.76. The van der Waals surface area contributed by atoms with E-state index in [-0.39, 0.29) is 17.8 Å². The molecule has 0 aliphatic carbocycles. The van der Waals surface area contributed by atoms with Crippen molar-refractivity contribution in [2.24, 2.45) is 0 Å². The van der Waals surface area contributed by atoms with Gasteiger partial charge in [-0.2, -0.15) is 0 Å². The average molecular weight is 251 g/mol. The molecule has 0 unspecified atom stereocenters. The smallest absolute Gasteiger partial charge is 0.226 e. The van der Waals surface area contributed by atoms with Crippen molar-refractivity contribution < 1.29 is 14.6 Å². The number of hydrogen-bond donors (Lipinski definition) is 1. The molecular formula is C14H21NO3. The van der Waals surface area contributed by atoms with Gasteiger partial charge in [-0.15, -0.1) is 0 Å². The number of amides is 1. The molecule has 0 saturated carbocycles. The average Bonchev–Trinajstić information content (AvgIpc) is 2.28. The molecule has 1 N–H and O–H groups in total. The second kappa shape index (κ2) is 7.01. The van der Waals surface area contributed by atoms with Crippen molar-refractivity contribution in [2.75, 3.05) is 20.2 Å². The van der Waals surface area contributed by atoms with Gasteiger partial charge in [0.2, 0.25) is 5.91 Å². The van der Waals surface area contributed by atoms with Crippen LogP contribution >= 0.6 is 0 Å². The maximum Gasteiger partial charge on any atom is 0.226 e. The van der Waals surface area contributed by atoms with E-state index in [2.05, 4.69) is 0 Å². The normalized spacial score (nSPS) is 10.7. The lowest BCUT2D eigenvalue weighted by Gasteiger charge is -2.18. The van der Waals surface area contributed by atoms with Gasteiger partial charge in [-0.1, -0.05) is 12.1 Å². The van der Waals surface area contributed by atoms with Crippen molar-refractivity contribution in [3.63, 3.8) is 0 Å². The number of hydrogen-bond acceptors (Lipinski definition) is 3. The Morgan fingerprint density at radius 1 is 1.44 bits per heavy atom. The van der Waals surface area contributed by atoms with Gasteiger partial charge < -0.3 is 14.7 Å². The number of likely N-dealkylation sites (N-methyl/N-ethyl adjacent to an activating group) is 1. The molecule has 0 radical (unpaired) electrons. The highest BCUT2D eigenvalue weighted by Crippen LogP contribution is 2.11. The quantitative estimate of drug-likeness (QED) is 0.839. The summed E-state index contributed by atoms with van der Waals surface area (Å²) in [5, 5.41) is 9.32. The third-order valence-electron chi connectivity index (χ3n) is 2.57. The Bertz CT molecular complexity index is 390. The van der Waals surface area contributed by atoms with Crippen molar-refractivity contribution in [1.29, 1.82) is 0 Å². The number of ether oxygens (including phenoxy) is 1. The second-order valence-corrected chi connectivity index (χ2v) is 4.58. The van der Waals surface area contributed by atoms with Gasteiger partial charge in [-0.3, -0.25) is 4.79 Å². The number of carbonyl (C=O) groups excluding carboxylic acids is 1. The molecule has 4 nitrogen and oxygen atoms in total. The predicted octanol–water partition coefficient (Wildman–Crippen LogP) is 1.82. The maximum absolute atomic E-state index is 11.9. The summed E-state index contributed by atoms with van der Waals surface area (Å²) in [4.78, 5) is 13.5. The van der Waals surface area contributed by atoms with Crippen LogP contribution in [0.2, 0.25) is 0 Å². The molecule has 0 spiro atoms. The summed E-state index contributed by atoms with van der Waals surface area (Å²) in [6.07, 6.45) is 0.478. The minimum atomic E-state index is 0.0213. The lowest BCUT2D eigenvalue weighted by Crippen LogP contribution is -2.31. The van der Waals surface area contributed by atoms with E-state index >= 15 is 0 Å². The van der Waals surface area contributed by atoms with E-state index in [1.807, 2.05) is 19.9 Å². The van der Waals surface area contributed by atoms with E-state index in [9.17, 15) is 9.90 Å². The third kappa shape index (κ3) is 5.19. The Morgan fingerprint density at radius 2 is 2.17 bits per heavy atom. The molecule has 0 aliphatic rings. The van der Waals surface area contributed by atoms with Crippen molar-refractivity contribution in [3.8, 4) is 5.75 Å². The molecule has 0 heterocycles. The summed E-state index contributed by atoms with van der Waals surface area (Å²) in [6, 6.07) is 6.76. The largest absolute Gasteiger partial charge is 0.508 e. The lowest BCUT2D eigenvalue weighted by atomic mass is 10.1. The molecule has 0 saturated heterocycles. The van der Waals surface area contributed by atoms with Crippen molar-refractivity contribution in [2.45, 2.75) is 26.4 Å². The van der Waals surface area contributed by atoms with Gasteiger partial charge in [0.1, 0.15) is 5.75 Å². The predicted molar refractivity (Wildman–Crippen MR) is 70.5 cm³/mol. The molecule has 0 atom stereocenters. The minimum absolute atomic E-state index is 0.0213. The van der Waals surface area contributed by atoms with Crippen molar-refractivity contribution >= 4 is 5.91 Å². The maximum atomic E-state index is 11.9. The fourth-order valence-corrected chi connectivity index (χ4v) is 1.53. The van der Waals surface area contributed by atoms with Crippen LogP contribution in [0.1, 0.15) is 19.4 Å². The number of benzene rings is 1. The number of phenolic OH excluding ortho intramolecular Hbond substituents is 1. The first kappa shape index (κ1) is 14.5. The van der Waals surface area contributed by atoms with Crippen LogP contribution in [0.3, 0.4) is 0 Å². The van der Waals surface area contributed by atoms with Crippen LogP contribution in [0, 0.1) is 0 Å². The number of rotatable bonds is 6. The molecule has 1 amide bonds. The summed E-state index contributed by atoms with van der Waals surface area (Å²) >= 11 is 0. The van der Waals surface area contributed by atoms with Crippen LogP contribution in [0.15, 0.2) is 24.3 Å². The van der Waals surface area contributed by atoms with Crippen LogP contribution in [0.25, 0.3) is 0 Å². The summed E-state index contributed by atoms with van der Waals surface area (Å²) in [6.45, 7) is 5.05. The molecule has 0 fully saturated rings. The Labute approximate surface area is 108 Å². The molecule has 18 heavy (non-hydrogen) atoms. The number of aromatic hydroxyl groups is 1. The number of nitrogens with zero attached hydrogens (tertiary/aromatic N) is 1. The number of phenols is 1. The molecule has 1 aromatic rings. The van der Waals surface area contributed by atoms with Crippen molar-refractivity contribution in [3.05, 3.63) is 29.8 Å². The van der Waals surface area contributed by atoms with Gasteiger partial charge in [-0.25, -0.2) is 0 Å². The highest BCUT2D eigenvalue weighted by atomic mass is 16.5. The van der Waals surface area contributed by atoms with Crippen LogP contribution in [-0.2, 0) is 16.0 Å². The molecule has 1 aromatic carbocycles. The molecule has 0 bridgehead atoms. The Hall–Kier alpha value is -1.55. The fraction of sp³-hybridized carbons (Fsp3) is 0.500.